The maximum absolute atomic E-state index is 12.5. The first-order chi connectivity index (χ1) is 11.3. The van der Waals surface area contributed by atoms with Crippen LogP contribution in [0.4, 0.5) is 0 Å². The minimum Gasteiger partial charge on any atom is -0.497 e. The van der Waals surface area contributed by atoms with Crippen LogP contribution in [0.2, 0.25) is 0 Å². The molecule has 0 amide bonds. The number of benzene rings is 3. The highest BCUT2D eigenvalue weighted by molar-refractivity contribution is 7.99. The van der Waals surface area contributed by atoms with Gasteiger partial charge in [-0.05, 0) is 60.7 Å². The maximum Gasteiger partial charge on any atom is 0.193 e. The van der Waals surface area contributed by atoms with Crippen LogP contribution in [0.25, 0.3) is 0 Å². The molecule has 23 heavy (non-hydrogen) atoms. The summed E-state index contributed by atoms with van der Waals surface area (Å²) in [6.07, 6.45) is 0. The summed E-state index contributed by atoms with van der Waals surface area (Å²) in [5, 5.41) is 0. The van der Waals surface area contributed by atoms with Crippen LogP contribution in [-0.4, -0.2) is 12.9 Å². The Kier molecular flexibility index (Phi) is 4.79. The summed E-state index contributed by atoms with van der Waals surface area (Å²) in [6, 6.07) is 25.1. The lowest BCUT2D eigenvalue weighted by Crippen LogP contribution is -2.00. The molecule has 0 heterocycles. The van der Waals surface area contributed by atoms with Gasteiger partial charge in [-0.15, -0.1) is 0 Å². The first-order valence-electron chi connectivity index (χ1n) is 7.28. The van der Waals surface area contributed by atoms with E-state index in [9.17, 15) is 4.79 Å². The third-order valence-corrected chi connectivity index (χ3v) is 4.46. The van der Waals surface area contributed by atoms with Crippen molar-refractivity contribution in [2.24, 2.45) is 0 Å². The van der Waals surface area contributed by atoms with E-state index in [1.165, 1.54) is 4.90 Å². The molecule has 0 spiro atoms. The molecule has 0 aromatic heterocycles. The van der Waals surface area contributed by atoms with Crippen LogP contribution in [0.5, 0.6) is 5.75 Å². The number of rotatable bonds is 5. The maximum atomic E-state index is 12.5. The molecule has 3 aromatic carbocycles. The Morgan fingerprint density at radius 1 is 0.739 bits per heavy atom. The number of ether oxygens (including phenoxy) is 1. The summed E-state index contributed by atoms with van der Waals surface area (Å²) in [7, 11) is 1.61. The van der Waals surface area contributed by atoms with Gasteiger partial charge in [0.1, 0.15) is 5.75 Å². The normalized spacial score (nSPS) is 10.3. The van der Waals surface area contributed by atoms with Crippen LogP contribution < -0.4 is 4.74 Å². The third kappa shape index (κ3) is 3.82. The van der Waals surface area contributed by atoms with Gasteiger partial charge < -0.3 is 4.74 Å². The fourth-order valence-corrected chi connectivity index (χ4v) is 3.05. The highest BCUT2D eigenvalue weighted by atomic mass is 32.2. The zero-order valence-corrected chi connectivity index (χ0v) is 13.5. The van der Waals surface area contributed by atoms with Gasteiger partial charge in [0.25, 0.3) is 0 Å². The van der Waals surface area contributed by atoms with Crippen molar-refractivity contribution in [1.82, 2.24) is 0 Å². The van der Waals surface area contributed by atoms with Gasteiger partial charge in [-0.2, -0.15) is 0 Å². The van der Waals surface area contributed by atoms with E-state index < -0.39 is 0 Å². The Morgan fingerprint density at radius 2 is 1.26 bits per heavy atom. The van der Waals surface area contributed by atoms with Gasteiger partial charge in [-0.3, -0.25) is 4.79 Å². The average Bonchev–Trinajstić information content (AvgIpc) is 2.63. The van der Waals surface area contributed by atoms with E-state index >= 15 is 0 Å². The second kappa shape index (κ2) is 7.16. The zero-order chi connectivity index (χ0) is 16.1. The molecule has 3 heteroatoms. The molecule has 0 unspecified atom stereocenters. The van der Waals surface area contributed by atoms with Crippen LogP contribution in [0.15, 0.2) is 88.7 Å². The molecule has 3 rings (SSSR count). The Hall–Kier alpha value is -2.52. The monoisotopic (exact) mass is 320 g/mol. The Labute approximate surface area is 140 Å². The molecule has 3 aromatic rings. The number of carbonyl (C=O) groups is 1. The van der Waals surface area contributed by atoms with Crippen LogP contribution >= 0.6 is 11.8 Å². The second-order valence-electron chi connectivity index (χ2n) is 5.00. The predicted octanol–water partition coefficient (Wildman–Crippen LogP) is 5.08. The van der Waals surface area contributed by atoms with Crippen molar-refractivity contribution in [3.05, 3.63) is 90.0 Å². The van der Waals surface area contributed by atoms with E-state index in [2.05, 4.69) is 12.1 Å². The smallest absolute Gasteiger partial charge is 0.193 e. The van der Waals surface area contributed by atoms with Crippen molar-refractivity contribution >= 4 is 17.5 Å². The zero-order valence-electron chi connectivity index (χ0n) is 12.7. The fourth-order valence-electron chi connectivity index (χ4n) is 2.21. The SMILES string of the molecule is COc1ccc(C(=O)c2ccc(Sc3ccccc3)cc2)cc1. The lowest BCUT2D eigenvalue weighted by atomic mass is 10.0. The number of ketones is 1. The molecule has 0 aliphatic rings. The summed E-state index contributed by atoms with van der Waals surface area (Å²) < 4.78 is 5.11. The number of hydrogen-bond acceptors (Lipinski definition) is 3. The van der Waals surface area contributed by atoms with Gasteiger partial charge in [0.05, 0.1) is 7.11 Å². The van der Waals surface area contributed by atoms with E-state index in [4.69, 9.17) is 4.74 Å². The van der Waals surface area contributed by atoms with Crippen molar-refractivity contribution in [1.29, 1.82) is 0 Å². The summed E-state index contributed by atoms with van der Waals surface area (Å²) in [6.45, 7) is 0. The van der Waals surface area contributed by atoms with Crippen LogP contribution in [-0.2, 0) is 0 Å². The highest BCUT2D eigenvalue weighted by Crippen LogP contribution is 2.27. The van der Waals surface area contributed by atoms with Gasteiger partial charge in [0.2, 0.25) is 0 Å². The van der Waals surface area contributed by atoms with Gasteiger partial charge in [0.15, 0.2) is 5.78 Å². The van der Waals surface area contributed by atoms with E-state index in [1.54, 1.807) is 43.1 Å². The molecule has 0 atom stereocenters. The summed E-state index contributed by atoms with van der Waals surface area (Å²) in [5.41, 5.74) is 1.35. The van der Waals surface area contributed by atoms with Crippen LogP contribution in [0.1, 0.15) is 15.9 Å². The lowest BCUT2D eigenvalue weighted by Gasteiger charge is -2.05. The first-order valence-corrected chi connectivity index (χ1v) is 8.09. The number of hydrogen-bond donors (Lipinski definition) is 0. The quantitative estimate of drug-likeness (QED) is 0.613. The topological polar surface area (TPSA) is 26.3 Å². The van der Waals surface area contributed by atoms with E-state index in [0.717, 1.165) is 10.6 Å². The molecule has 0 radical (unpaired) electrons. The molecule has 114 valence electrons. The van der Waals surface area contributed by atoms with Crippen molar-refractivity contribution in [3.63, 3.8) is 0 Å². The van der Waals surface area contributed by atoms with Crippen molar-refractivity contribution in [2.75, 3.05) is 7.11 Å². The molecule has 2 nitrogen and oxygen atoms in total. The summed E-state index contributed by atoms with van der Waals surface area (Å²) in [5.74, 6) is 0.764. The fraction of sp³-hybridized carbons (Fsp3) is 0.0500. The standard InChI is InChI=1S/C20H16O2S/c1-22-17-11-7-15(8-12-17)20(21)16-9-13-19(14-10-16)23-18-5-3-2-4-6-18/h2-14H,1H3. The van der Waals surface area contributed by atoms with Gasteiger partial charge in [-0.1, -0.05) is 30.0 Å². The van der Waals surface area contributed by atoms with Gasteiger partial charge in [-0.25, -0.2) is 0 Å². The molecule has 0 aliphatic carbocycles. The van der Waals surface area contributed by atoms with E-state index in [0.29, 0.717) is 11.1 Å². The highest BCUT2D eigenvalue weighted by Gasteiger charge is 2.09. The number of carbonyl (C=O) groups excluding carboxylic acids is 1. The summed E-state index contributed by atoms with van der Waals surface area (Å²) >= 11 is 1.68. The molecule has 0 fully saturated rings. The molecule has 0 saturated heterocycles. The van der Waals surface area contributed by atoms with Gasteiger partial charge in [0, 0.05) is 20.9 Å². The van der Waals surface area contributed by atoms with Crippen molar-refractivity contribution in [2.45, 2.75) is 9.79 Å². The Morgan fingerprint density at radius 3 is 1.83 bits per heavy atom. The molecular formula is C20H16O2S. The molecule has 0 saturated carbocycles. The molecule has 0 aliphatic heterocycles. The predicted molar refractivity (Wildman–Crippen MR) is 93.4 cm³/mol. The molecule has 0 N–H and O–H groups in total. The molecular weight excluding hydrogens is 304 g/mol. The molecule has 0 bridgehead atoms. The summed E-state index contributed by atoms with van der Waals surface area (Å²) in [4.78, 5) is 14.8. The van der Waals surface area contributed by atoms with E-state index in [-0.39, 0.29) is 5.78 Å². The third-order valence-electron chi connectivity index (χ3n) is 3.45. The van der Waals surface area contributed by atoms with E-state index in [1.807, 2.05) is 42.5 Å². The Bertz CT molecular complexity index is 778. The van der Waals surface area contributed by atoms with Crippen LogP contribution in [0.3, 0.4) is 0 Å². The minimum absolute atomic E-state index is 0.0175. The van der Waals surface area contributed by atoms with Gasteiger partial charge >= 0.3 is 0 Å². The van der Waals surface area contributed by atoms with Crippen molar-refractivity contribution < 1.29 is 9.53 Å². The average molecular weight is 320 g/mol. The minimum atomic E-state index is 0.0175. The number of methoxy groups -OCH3 is 1. The first kappa shape index (κ1) is 15.4. The largest absolute Gasteiger partial charge is 0.497 e. The van der Waals surface area contributed by atoms with Crippen molar-refractivity contribution in [3.8, 4) is 5.75 Å². The Balaban J connectivity index is 1.74. The van der Waals surface area contributed by atoms with Crippen LogP contribution in [0, 0.1) is 0 Å². The second-order valence-corrected chi connectivity index (χ2v) is 6.14. The lowest BCUT2D eigenvalue weighted by molar-refractivity contribution is 0.103.